The Morgan fingerprint density at radius 1 is 0.933 bits per heavy atom. The van der Waals surface area contributed by atoms with Crippen molar-refractivity contribution in [2.45, 2.75) is 0 Å². The van der Waals surface area contributed by atoms with Crippen molar-refractivity contribution >= 4 is 44.8 Å². The molecular weight excluding hydrogens is 224 g/mol. The molecule has 0 aliphatic rings. The second kappa shape index (κ2) is 5.34. The first kappa shape index (κ1) is 12.3. The van der Waals surface area contributed by atoms with Crippen LogP contribution in [0.3, 0.4) is 0 Å². The molecule has 2 rings (SSSR count). The molecule has 5 heteroatoms. The van der Waals surface area contributed by atoms with Gasteiger partial charge >= 0.3 is 23.1 Å². The monoisotopic (exact) mass is 234 g/mol. The van der Waals surface area contributed by atoms with Crippen molar-refractivity contribution in [1.29, 1.82) is 0 Å². The van der Waals surface area contributed by atoms with Gasteiger partial charge in [0.2, 0.25) is 0 Å². The van der Waals surface area contributed by atoms with E-state index in [9.17, 15) is 8.42 Å². The molecule has 0 aromatic heterocycles. The van der Waals surface area contributed by atoms with Crippen LogP contribution in [-0.4, -0.2) is 31.5 Å². The summed E-state index contributed by atoms with van der Waals surface area (Å²) in [5.41, 5.74) is 0. The van der Waals surface area contributed by atoms with Crippen LogP contribution in [0, 0.1) is 0 Å². The Morgan fingerprint density at radius 2 is 1.60 bits per heavy atom. The summed E-state index contributed by atoms with van der Waals surface area (Å²) in [6.07, 6.45) is 0. The van der Waals surface area contributed by atoms with E-state index in [1.807, 2.05) is 30.3 Å². The second-order valence-corrected chi connectivity index (χ2v) is 3.42. The summed E-state index contributed by atoms with van der Waals surface area (Å²) in [5.74, 6) is 0.374. The van der Waals surface area contributed by atoms with Gasteiger partial charge in [-0.1, -0.05) is 36.4 Å². The van der Waals surface area contributed by atoms with Crippen LogP contribution < -0.4 is 4.18 Å². The smallest absolute Gasteiger partial charge is 0.316 e. The molecule has 0 spiro atoms. The third-order valence-electron chi connectivity index (χ3n) is 1.92. The second-order valence-electron chi connectivity index (χ2n) is 2.79. The Bertz CT molecular complexity index is 524. The van der Waals surface area contributed by atoms with Gasteiger partial charge in [0.15, 0.2) is 0 Å². The summed E-state index contributed by atoms with van der Waals surface area (Å²) in [6, 6.07) is 12.8. The van der Waals surface area contributed by atoms with Gasteiger partial charge in [0, 0.05) is 5.39 Å². The third kappa shape index (κ3) is 2.84. The Morgan fingerprint density at radius 3 is 2.33 bits per heavy atom. The van der Waals surface area contributed by atoms with E-state index in [2.05, 4.69) is 4.18 Å². The Balaban J connectivity index is 0.00000112. The average Bonchev–Trinajstić information content (AvgIpc) is 2.18. The van der Waals surface area contributed by atoms with E-state index in [1.54, 1.807) is 12.1 Å². The summed E-state index contributed by atoms with van der Waals surface area (Å²) in [4.78, 5) is 0. The van der Waals surface area contributed by atoms with Crippen LogP contribution in [0.15, 0.2) is 42.5 Å². The highest BCUT2D eigenvalue weighted by atomic mass is 32.2. The highest BCUT2D eigenvalue weighted by molar-refractivity contribution is 7.67. The molecule has 0 unspecified atom stereocenters. The van der Waals surface area contributed by atoms with Gasteiger partial charge in [-0.05, 0) is 11.5 Å². The van der Waals surface area contributed by atoms with Crippen molar-refractivity contribution in [3.8, 4) is 5.75 Å². The largest absolute Gasteiger partial charge is 0.384 e. The Hall–Kier alpha value is -0.784. The number of fused-ring (bicyclic) bond motifs is 1. The zero-order valence-corrected chi connectivity index (χ0v) is 8.11. The Labute approximate surface area is 105 Å². The van der Waals surface area contributed by atoms with Crippen molar-refractivity contribution in [2.24, 2.45) is 0 Å². The fourth-order valence-electron chi connectivity index (χ4n) is 1.36. The first-order chi connectivity index (χ1) is 6.77. The number of hydrogen-bond donors (Lipinski definition) is 1. The van der Waals surface area contributed by atoms with Gasteiger partial charge in [-0.3, -0.25) is 0 Å². The third-order valence-corrected chi connectivity index (χ3v) is 2.27. The molecule has 0 aliphatic heterocycles. The van der Waals surface area contributed by atoms with Gasteiger partial charge < -0.3 is 4.18 Å². The van der Waals surface area contributed by atoms with Gasteiger partial charge in [0.1, 0.15) is 5.75 Å². The molecule has 3 nitrogen and oxygen atoms in total. The van der Waals surface area contributed by atoms with Crippen molar-refractivity contribution < 1.29 is 12.6 Å². The van der Waals surface area contributed by atoms with E-state index in [0.717, 1.165) is 10.8 Å². The highest BCUT2D eigenvalue weighted by Crippen LogP contribution is 2.24. The summed E-state index contributed by atoms with van der Waals surface area (Å²) in [5, 5.41) is 1.76. The van der Waals surface area contributed by atoms with E-state index in [0.29, 0.717) is 5.75 Å². The zero-order valence-electron chi connectivity index (χ0n) is 7.21. The van der Waals surface area contributed by atoms with Crippen molar-refractivity contribution in [2.75, 3.05) is 0 Å². The summed E-state index contributed by atoms with van der Waals surface area (Å²) in [7, 11) is -2.85. The summed E-state index contributed by atoms with van der Waals surface area (Å²) < 4.78 is 25.5. The van der Waals surface area contributed by atoms with Gasteiger partial charge in [-0.25, -0.2) is 0 Å². The van der Waals surface area contributed by atoms with Gasteiger partial charge in [0.05, 0.1) is 0 Å². The standard InChI is InChI=1S/C10H8O3S.Mg.2H/c11-14(12)13-10-7-3-5-8-4-1-2-6-9(8)10;;;/h1-7,14H;;;. The van der Waals surface area contributed by atoms with Crippen LogP contribution >= 0.6 is 0 Å². The summed E-state index contributed by atoms with van der Waals surface area (Å²) >= 11 is 0. The molecule has 2 aromatic rings. The fourth-order valence-corrected chi connectivity index (χ4v) is 1.68. The van der Waals surface area contributed by atoms with Crippen molar-refractivity contribution in [3.05, 3.63) is 42.5 Å². The SMILES string of the molecule is O=[SH](=O)Oc1cccc2ccccc12.[MgH2]. The molecule has 0 atom stereocenters. The Kier molecular flexibility index (Phi) is 4.38. The molecule has 0 radical (unpaired) electrons. The number of benzene rings is 2. The minimum absolute atomic E-state index is 0. The molecule has 0 amide bonds. The maximum atomic E-state index is 10.4. The number of thiol groups is 1. The maximum Gasteiger partial charge on any atom is 0.316 e. The molecule has 0 saturated heterocycles. The van der Waals surface area contributed by atoms with Crippen LogP contribution in [-0.2, 0) is 11.0 Å². The molecule has 0 aliphatic carbocycles. The lowest BCUT2D eigenvalue weighted by Gasteiger charge is -2.02. The number of hydrogen-bond acceptors (Lipinski definition) is 3. The zero-order chi connectivity index (χ0) is 9.97. The summed E-state index contributed by atoms with van der Waals surface area (Å²) in [6.45, 7) is 0. The van der Waals surface area contributed by atoms with Gasteiger partial charge in [0.25, 0.3) is 11.0 Å². The van der Waals surface area contributed by atoms with E-state index < -0.39 is 11.0 Å². The quantitative estimate of drug-likeness (QED) is 0.618. The first-order valence-electron chi connectivity index (χ1n) is 4.07. The lowest BCUT2D eigenvalue weighted by Crippen LogP contribution is -1.90. The lowest BCUT2D eigenvalue weighted by atomic mass is 10.1. The average molecular weight is 235 g/mol. The molecule has 76 valence electrons. The van der Waals surface area contributed by atoms with Gasteiger partial charge in [-0.15, -0.1) is 0 Å². The van der Waals surface area contributed by atoms with Crippen LogP contribution in [0.2, 0.25) is 0 Å². The fraction of sp³-hybridized carbons (Fsp3) is 0. The van der Waals surface area contributed by atoms with E-state index in [-0.39, 0.29) is 23.1 Å². The van der Waals surface area contributed by atoms with Crippen LogP contribution in [0.25, 0.3) is 10.8 Å². The van der Waals surface area contributed by atoms with E-state index in [4.69, 9.17) is 0 Å². The molecule has 15 heavy (non-hydrogen) atoms. The molecule has 0 bridgehead atoms. The molecular formula is C10H10MgO3S. The van der Waals surface area contributed by atoms with Gasteiger partial charge in [-0.2, -0.15) is 8.42 Å². The maximum absolute atomic E-state index is 10.4. The topological polar surface area (TPSA) is 43.4 Å². The number of rotatable bonds is 2. The minimum Gasteiger partial charge on any atom is -0.384 e. The molecule has 2 aromatic carbocycles. The molecule has 0 N–H and O–H groups in total. The first-order valence-corrected chi connectivity index (χ1v) is 5.17. The molecule has 0 saturated carbocycles. The van der Waals surface area contributed by atoms with Crippen molar-refractivity contribution in [1.82, 2.24) is 0 Å². The predicted molar refractivity (Wildman–Crippen MR) is 63.4 cm³/mol. The van der Waals surface area contributed by atoms with Crippen LogP contribution in [0.4, 0.5) is 0 Å². The minimum atomic E-state index is -2.85. The normalized spacial score (nSPS) is 9.93. The lowest BCUT2D eigenvalue weighted by molar-refractivity contribution is 0.513. The highest BCUT2D eigenvalue weighted by Gasteiger charge is 2.00. The van der Waals surface area contributed by atoms with Crippen molar-refractivity contribution in [3.63, 3.8) is 0 Å². The van der Waals surface area contributed by atoms with E-state index >= 15 is 0 Å². The predicted octanol–water partition coefficient (Wildman–Crippen LogP) is 0.829. The molecule has 0 heterocycles. The van der Waals surface area contributed by atoms with Crippen LogP contribution in [0.5, 0.6) is 5.75 Å². The van der Waals surface area contributed by atoms with E-state index in [1.165, 1.54) is 0 Å². The molecule has 0 fully saturated rings. The van der Waals surface area contributed by atoms with Crippen LogP contribution in [0.1, 0.15) is 0 Å².